The van der Waals surface area contributed by atoms with Crippen LogP contribution in [0.3, 0.4) is 0 Å². The second kappa shape index (κ2) is 6.93. The molecule has 124 valence electrons. The summed E-state index contributed by atoms with van der Waals surface area (Å²) in [5.74, 6) is -1.62. The fourth-order valence-corrected chi connectivity index (χ4v) is 2.24. The lowest BCUT2D eigenvalue weighted by molar-refractivity contribution is -0.144. The Morgan fingerprint density at radius 3 is 2.50 bits per heavy atom. The number of aliphatic carboxylic acids is 1. The first-order valence-electron chi connectivity index (χ1n) is 6.66. The fourth-order valence-electron chi connectivity index (χ4n) is 1.83. The predicted molar refractivity (Wildman–Crippen MR) is 78.8 cm³/mol. The van der Waals surface area contributed by atoms with Gasteiger partial charge in [-0.25, -0.2) is 17.9 Å². The number of hydrogen-bond donors (Lipinski definition) is 3. The first kappa shape index (κ1) is 18.2. The molecule has 1 aromatic heterocycles. The minimum absolute atomic E-state index is 0.0751. The van der Waals surface area contributed by atoms with Crippen LogP contribution in [-0.4, -0.2) is 37.2 Å². The minimum atomic E-state index is -3.37. The fraction of sp³-hybridized carbons (Fsp3) is 0.538. The molecular formula is C13H20N2O6S. The third-order valence-electron chi connectivity index (χ3n) is 3.01. The molecule has 1 heterocycles. The summed E-state index contributed by atoms with van der Waals surface area (Å²) in [6.07, 6.45) is 1.87. The van der Waals surface area contributed by atoms with Crippen LogP contribution in [0.2, 0.25) is 0 Å². The number of carbonyl (C=O) groups excluding carboxylic acids is 1. The summed E-state index contributed by atoms with van der Waals surface area (Å²) in [6, 6.07) is 2.81. The summed E-state index contributed by atoms with van der Waals surface area (Å²) in [5, 5.41) is 11.6. The molecule has 1 amide bonds. The maximum absolute atomic E-state index is 12.0. The lowest BCUT2D eigenvalue weighted by Gasteiger charge is -2.25. The highest BCUT2D eigenvalue weighted by atomic mass is 32.2. The number of rotatable bonds is 8. The van der Waals surface area contributed by atoms with E-state index in [1.54, 1.807) is 0 Å². The van der Waals surface area contributed by atoms with Gasteiger partial charge in [0.25, 0.3) is 5.91 Å². The molecule has 0 aliphatic heterocycles. The van der Waals surface area contributed by atoms with Gasteiger partial charge in [0.1, 0.15) is 11.3 Å². The van der Waals surface area contributed by atoms with Crippen LogP contribution in [0.4, 0.5) is 0 Å². The Balaban J connectivity index is 2.78. The van der Waals surface area contributed by atoms with Crippen molar-refractivity contribution in [2.75, 3.05) is 6.26 Å². The first-order chi connectivity index (χ1) is 10.1. The molecule has 0 aromatic carbocycles. The van der Waals surface area contributed by atoms with E-state index in [9.17, 15) is 23.1 Å². The molecule has 1 aromatic rings. The van der Waals surface area contributed by atoms with Crippen LogP contribution < -0.4 is 10.0 Å². The molecule has 3 N–H and O–H groups in total. The van der Waals surface area contributed by atoms with Crippen LogP contribution in [0.1, 0.15) is 43.0 Å². The second-order valence-corrected chi connectivity index (χ2v) is 7.03. The monoisotopic (exact) mass is 332 g/mol. The van der Waals surface area contributed by atoms with E-state index in [0.29, 0.717) is 6.42 Å². The number of nitrogens with one attached hydrogen (secondary N) is 2. The van der Waals surface area contributed by atoms with Crippen molar-refractivity contribution < 1.29 is 27.5 Å². The molecular weight excluding hydrogens is 312 g/mol. The first-order valence-corrected chi connectivity index (χ1v) is 8.56. The molecule has 0 fully saturated rings. The molecule has 9 heteroatoms. The van der Waals surface area contributed by atoms with Crippen molar-refractivity contribution in [3.8, 4) is 0 Å². The highest BCUT2D eigenvalue weighted by Crippen LogP contribution is 2.15. The van der Waals surface area contributed by atoms with E-state index in [4.69, 9.17) is 4.42 Å². The largest absolute Gasteiger partial charge is 0.480 e. The third-order valence-corrected chi connectivity index (χ3v) is 3.67. The molecule has 8 nitrogen and oxygen atoms in total. The van der Waals surface area contributed by atoms with E-state index in [1.165, 1.54) is 19.1 Å². The van der Waals surface area contributed by atoms with Gasteiger partial charge in [0.15, 0.2) is 5.76 Å². The van der Waals surface area contributed by atoms with Crippen LogP contribution in [-0.2, 0) is 21.4 Å². The highest BCUT2D eigenvalue weighted by Gasteiger charge is 2.34. The molecule has 0 bridgehead atoms. The predicted octanol–water partition coefficient (Wildman–Crippen LogP) is 0.702. The van der Waals surface area contributed by atoms with Gasteiger partial charge in [0, 0.05) is 0 Å². The molecule has 0 radical (unpaired) electrons. The zero-order chi connectivity index (χ0) is 17.0. The van der Waals surface area contributed by atoms with Gasteiger partial charge in [-0.15, -0.1) is 0 Å². The maximum atomic E-state index is 12.0. The van der Waals surface area contributed by atoms with Gasteiger partial charge >= 0.3 is 5.97 Å². The van der Waals surface area contributed by atoms with Gasteiger partial charge < -0.3 is 14.8 Å². The summed E-state index contributed by atoms with van der Waals surface area (Å²) in [5.41, 5.74) is -1.39. The Morgan fingerprint density at radius 1 is 1.36 bits per heavy atom. The normalized spacial score (nSPS) is 14.3. The van der Waals surface area contributed by atoms with Crippen molar-refractivity contribution in [3.63, 3.8) is 0 Å². The zero-order valence-corrected chi connectivity index (χ0v) is 13.5. The third kappa shape index (κ3) is 5.15. The minimum Gasteiger partial charge on any atom is -0.480 e. The lowest BCUT2D eigenvalue weighted by atomic mass is 9.96. The van der Waals surface area contributed by atoms with E-state index in [0.717, 1.165) is 6.26 Å². The second-order valence-electron chi connectivity index (χ2n) is 5.20. The molecule has 0 saturated heterocycles. The summed E-state index contributed by atoms with van der Waals surface area (Å²) in [4.78, 5) is 23.3. The molecule has 0 aliphatic rings. The Morgan fingerprint density at radius 2 is 2.00 bits per heavy atom. The number of carboxylic acids is 1. The zero-order valence-electron chi connectivity index (χ0n) is 12.7. The van der Waals surface area contributed by atoms with Crippen LogP contribution in [0, 0.1) is 0 Å². The Kier molecular flexibility index (Phi) is 5.72. The number of carbonyl (C=O) groups is 2. The van der Waals surface area contributed by atoms with Crippen LogP contribution in [0.5, 0.6) is 0 Å². The van der Waals surface area contributed by atoms with E-state index in [-0.39, 0.29) is 24.5 Å². The van der Waals surface area contributed by atoms with Crippen molar-refractivity contribution in [3.05, 3.63) is 23.7 Å². The van der Waals surface area contributed by atoms with Gasteiger partial charge in [0.05, 0.1) is 12.8 Å². The van der Waals surface area contributed by atoms with Crippen LogP contribution >= 0.6 is 0 Å². The van der Waals surface area contributed by atoms with Crippen LogP contribution in [0.25, 0.3) is 0 Å². The Bertz CT molecular complexity index is 651. The van der Waals surface area contributed by atoms with E-state index >= 15 is 0 Å². The SMILES string of the molecule is CCCC(C)(NC(=O)c1ccc(CNS(C)(=O)=O)o1)C(=O)O. The smallest absolute Gasteiger partial charge is 0.329 e. The molecule has 0 aliphatic carbocycles. The number of sulfonamides is 1. The van der Waals surface area contributed by atoms with Gasteiger partial charge in [-0.3, -0.25) is 4.79 Å². The van der Waals surface area contributed by atoms with E-state index < -0.39 is 27.4 Å². The van der Waals surface area contributed by atoms with Crippen molar-refractivity contribution in [2.24, 2.45) is 0 Å². The molecule has 1 atom stereocenters. The topological polar surface area (TPSA) is 126 Å². The van der Waals surface area contributed by atoms with Crippen molar-refractivity contribution >= 4 is 21.9 Å². The molecule has 0 spiro atoms. The standard InChI is InChI=1S/C13H20N2O6S/c1-4-7-13(2,12(17)18)15-11(16)10-6-5-9(21-10)8-14-22(3,19)20/h5-6,14H,4,7-8H2,1-3H3,(H,15,16)(H,17,18). The quantitative estimate of drug-likeness (QED) is 0.643. The van der Waals surface area contributed by atoms with Gasteiger partial charge in [-0.1, -0.05) is 13.3 Å². The highest BCUT2D eigenvalue weighted by molar-refractivity contribution is 7.88. The molecule has 1 rings (SSSR count). The summed E-state index contributed by atoms with van der Waals surface area (Å²) >= 11 is 0. The van der Waals surface area contributed by atoms with Crippen LogP contribution in [0.15, 0.2) is 16.5 Å². The number of carboxylic acid groups (broad SMARTS) is 1. The van der Waals surface area contributed by atoms with E-state index in [1.807, 2.05) is 6.92 Å². The van der Waals surface area contributed by atoms with Crippen molar-refractivity contribution in [2.45, 2.75) is 38.8 Å². The average Bonchev–Trinajstić information content (AvgIpc) is 2.84. The number of amides is 1. The van der Waals surface area contributed by atoms with Crippen molar-refractivity contribution in [1.82, 2.24) is 10.0 Å². The van der Waals surface area contributed by atoms with Gasteiger partial charge in [0.2, 0.25) is 10.0 Å². The molecule has 1 unspecified atom stereocenters. The number of hydrogen-bond acceptors (Lipinski definition) is 5. The van der Waals surface area contributed by atoms with E-state index in [2.05, 4.69) is 10.0 Å². The lowest BCUT2D eigenvalue weighted by Crippen LogP contribution is -2.52. The van der Waals surface area contributed by atoms with Crippen molar-refractivity contribution in [1.29, 1.82) is 0 Å². The summed E-state index contributed by atoms with van der Waals surface area (Å²) in [6.45, 7) is 3.15. The Hall–Kier alpha value is -1.87. The van der Waals surface area contributed by atoms with Gasteiger partial charge in [-0.05, 0) is 25.5 Å². The summed E-state index contributed by atoms with van der Waals surface area (Å²) in [7, 11) is -3.37. The average molecular weight is 332 g/mol. The Labute approximate surface area is 128 Å². The summed E-state index contributed by atoms with van der Waals surface area (Å²) < 4.78 is 29.4. The van der Waals surface area contributed by atoms with Gasteiger partial charge in [-0.2, -0.15) is 0 Å². The molecule has 22 heavy (non-hydrogen) atoms. The maximum Gasteiger partial charge on any atom is 0.329 e. The number of furan rings is 1. The molecule has 0 saturated carbocycles.